The Hall–Kier alpha value is -4.60. The van der Waals surface area contributed by atoms with Crippen LogP contribution in [0.5, 0.6) is 51.7 Å². The monoisotopic (exact) mass is 624 g/mol. The van der Waals surface area contributed by atoms with Crippen molar-refractivity contribution < 1.29 is 33.9 Å². The van der Waals surface area contributed by atoms with Crippen LogP contribution < -0.4 is 23.7 Å². The second-order valence-corrected chi connectivity index (χ2v) is 12.4. The summed E-state index contributed by atoms with van der Waals surface area (Å²) in [4.78, 5) is 4.63. The molecule has 9 nitrogen and oxygen atoms in total. The highest BCUT2D eigenvalue weighted by atomic mass is 16.5. The second-order valence-electron chi connectivity index (χ2n) is 12.4. The summed E-state index contributed by atoms with van der Waals surface area (Å²) in [5.41, 5.74) is 6.11. The zero-order valence-electron chi connectivity index (χ0n) is 26.9. The van der Waals surface area contributed by atoms with Gasteiger partial charge in [0.25, 0.3) is 0 Å². The van der Waals surface area contributed by atoms with E-state index in [1.54, 1.807) is 20.3 Å². The van der Waals surface area contributed by atoms with Gasteiger partial charge in [-0.3, -0.25) is 9.80 Å². The smallest absolute Gasteiger partial charge is 0.208 e. The van der Waals surface area contributed by atoms with Crippen molar-refractivity contribution in [3.63, 3.8) is 0 Å². The van der Waals surface area contributed by atoms with Crippen LogP contribution >= 0.6 is 0 Å². The summed E-state index contributed by atoms with van der Waals surface area (Å²) in [6.45, 7) is 1.63. The largest absolute Gasteiger partial charge is 0.504 e. The molecule has 0 amide bonds. The molecule has 9 heteroatoms. The van der Waals surface area contributed by atoms with Gasteiger partial charge in [0.2, 0.25) is 11.5 Å². The Bertz CT molecular complexity index is 1790. The van der Waals surface area contributed by atoms with Gasteiger partial charge >= 0.3 is 0 Å². The van der Waals surface area contributed by atoms with Gasteiger partial charge in [-0.25, -0.2) is 0 Å². The van der Waals surface area contributed by atoms with Gasteiger partial charge in [-0.15, -0.1) is 0 Å². The molecule has 2 N–H and O–H groups in total. The van der Waals surface area contributed by atoms with Crippen molar-refractivity contribution in [3.05, 3.63) is 88.0 Å². The molecule has 4 heterocycles. The van der Waals surface area contributed by atoms with Gasteiger partial charge in [0.1, 0.15) is 5.75 Å². The van der Waals surface area contributed by atoms with Crippen molar-refractivity contribution in [2.45, 2.75) is 37.8 Å². The number of nitrogens with zero attached hydrogens (tertiary/aromatic N) is 2. The van der Waals surface area contributed by atoms with Crippen molar-refractivity contribution in [1.82, 2.24) is 9.80 Å². The highest BCUT2D eigenvalue weighted by molar-refractivity contribution is 5.69. The van der Waals surface area contributed by atoms with Gasteiger partial charge in [0, 0.05) is 36.3 Å². The fourth-order valence-electron chi connectivity index (χ4n) is 7.22. The number of aromatic hydroxyl groups is 2. The summed E-state index contributed by atoms with van der Waals surface area (Å²) in [6.07, 6.45) is 2.83. The molecule has 46 heavy (non-hydrogen) atoms. The van der Waals surface area contributed by atoms with Crippen LogP contribution in [-0.4, -0.2) is 68.5 Å². The number of fused-ring (bicyclic) bond motifs is 2. The lowest BCUT2D eigenvalue weighted by atomic mass is 9.86. The Kier molecular flexibility index (Phi) is 7.82. The topological polar surface area (TPSA) is 93.1 Å². The first-order valence-electron chi connectivity index (χ1n) is 15.7. The molecule has 8 rings (SSSR count). The fourth-order valence-corrected chi connectivity index (χ4v) is 7.22. The molecule has 2 atom stereocenters. The van der Waals surface area contributed by atoms with E-state index in [-0.39, 0.29) is 29.3 Å². The first-order chi connectivity index (χ1) is 22.3. The van der Waals surface area contributed by atoms with E-state index in [4.69, 9.17) is 23.7 Å². The molecule has 0 spiro atoms. The Labute approximate surface area is 269 Å². The molecule has 4 aromatic rings. The molecule has 0 aromatic heterocycles. The lowest BCUT2D eigenvalue weighted by Gasteiger charge is -2.37. The minimum absolute atomic E-state index is 0.0385. The Morgan fingerprint density at radius 1 is 0.717 bits per heavy atom. The molecule has 4 aliphatic heterocycles. The van der Waals surface area contributed by atoms with E-state index in [1.807, 2.05) is 36.4 Å². The number of phenolic OH excluding ortho intramolecular Hbond substituents is 2. The van der Waals surface area contributed by atoms with Crippen molar-refractivity contribution in [1.29, 1.82) is 0 Å². The summed E-state index contributed by atoms with van der Waals surface area (Å²) >= 11 is 0. The molecule has 0 aliphatic carbocycles. The maximum atomic E-state index is 11.5. The zero-order chi connectivity index (χ0) is 32.1. The minimum Gasteiger partial charge on any atom is -0.504 e. The van der Waals surface area contributed by atoms with Gasteiger partial charge in [0.05, 0.1) is 21.3 Å². The van der Waals surface area contributed by atoms with E-state index in [0.29, 0.717) is 53.8 Å². The van der Waals surface area contributed by atoms with Crippen molar-refractivity contribution >= 4 is 0 Å². The lowest BCUT2D eigenvalue weighted by molar-refractivity contribution is 0.216. The zero-order valence-corrected chi connectivity index (χ0v) is 26.9. The van der Waals surface area contributed by atoms with Crippen molar-refractivity contribution in [3.8, 4) is 51.7 Å². The Morgan fingerprint density at radius 2 is 1.41 bits per heavy atom. The third kappa shape index (κ3) is 5.13. The Morgan fingerprint density at radius 3 is 2.15 bits per heavy atom. The maximum absolute atomic E-state index is 11.5. The summed E-state index contributed by atoms with van der Waals surface area (Å²) in [5, 5.41) is 22.2. The molecule has 240 valence electrons. The van der Waals surface area contributed by atoms with E-state index in [1.165, 1.54) is 12.7 Å². The quantitative estimate of drug-likeness (QED) is 0.263. The fraction of sp³-hybridized carbons (Fsp3) is 0.351. The van der Waals surface area contributed by atoms with Crippen molar-refractivity contribution in [2.75, 3.05) is 48.5 Å². The number of hydrogen-bond donors (Lipinski definition) is 2. The molecule has 0 fully saturated rings. The van der Waals surface area contributed by atoms with Gasteiger partial charge in [0.15, 0.2) is 34.5 Å². The standard InChI is InChI=1S/C37H40N2O7/c1-38-14-12-23-19-31(42-3)32-20-26(23)27(38)17-22-8-11-29(40)30(18-22)45-24-9-6-21(7-10-24)16-28-33-25(13-15-39(28)2)34(41)36(43-4)37(44-5)35(33)46-32/h6-11,18-20,27-28,40-41H,12-17H2,1-5H3/t27-,28-/m0/s1. The summed E-state index contributed by atoms with van der Waals surface area (Å²) in [5.74, 6) is 3.50. The van der Waals surface area contributed by atoms with Gasteiger partial charge in [-0.05, 0) is 98.4 Å². The third-order valence-corrected chi connectivity index (χ3v) is 9.77. The van der Waals surface area contributed by atoms with E-state index in [0.717, 1.165) is 47.3 Å². The molecule has 0 radical (unpaired) electrons. The molecule has 0 saturated carbocycles. The van der Waals surface area contributed by atoms with Gasteiger partial charge < -0.3 is 33.9 Å². The summed E-state index contributed by atoms with van der Waals surface area (Å²) < 4.78 is 30.7. The molecular formula is C37H40N2O7. The average molecular weight is 625 g/mol. The molecule has 0 unspecified atom stereocenters. The number of phenols is 2. The average Bonchev–Trinajstić information content (AvgIpc) is 3.06. The number of benzene rings is 4. The Balaban J connectivity index is 1.48. The number of likely N-dealkylation sites (N-methyl/N-ethyl adjacent to an activating group) is 2. The second kappa shape index (κ2) is 12.0. The van der Waals surface area contributed by atoms with Crippen LogP contribution in [0.4, 0.5) is 0 Å². The van der Waals surface area contributed by atoms with Gasteiger partial charge in [-0.1, -0.05) is 18.2 Å². The minimum atomic E-state index is -0.140. The van der Waals surface area contributed by atoms with E-state index < -0.39 is 0 Å². The first-order valence-corrected chi connectivity index (χ1v) is 15.7. The number of ether oxygens (including phenoxy) is 5. The van der Waals surface area contributed by atoms with Crippen LogP contribution in [-0.2, 0) is 25.7 Å². The first kappa shape index (κ1) is 30.1. The van der Waals surface area contributed by atoms with E-state index >= 15 is 0 Å². The highest BCUT2D eigenvalue weighted by Gasteiger charge is 2.37. The molecule has 6 bridgehead atoms. The van der Waals surface area contributed by atoms with Crippen LogP contribution in [0, 0.1) is 0 Å². The molecule has 0 saturated heterocycles. The van der Waals surface area contributed by atoms with Crippen LogP contribution in [0.25, 0.3) is 0 Å². The SMILES string of the molecule is COc1cc2c3cc1Oc1c(OC)c(OC)c(O)c4c1[C@H](Cc1ccc(cc1)Oc1cc(ccc1O)C[C@@H]3N(C)CC2)N(C)CC4. The predicted octanol–water partition coefficient (Wildman–Crippen LogP) is 6.57. The molecular weight excluding hydrogens is 584 g/mol. The summed E-state index contributed by atoms with van der Waals surface area (Å²) in [7, 11) is 8.97. The number of hydrogen-bond acceptors (Lipinski definition) is 9. The third-order valence-electron chi connectivity index (χ3n) is 9.77. The summed E-state index contributed by atoms with van der Waals surface area (Å²) in [6, 6.07) is 17.6. The lowest BCUT2D eigenvalue weighted by Crippen LogP contribution is -2.34. The van der Waals surface area contributed by atoms with Crippen LogP contribution in [0.2, 0.25) is 0 Å². The van der Waals surface area contributed by atoms with Crippen molar-refractivity contribution in [2.24, 2.45) is 0 Å². The maximum Gasteiger partial charge on any atom is 0.208 e. The number of methoxy groups -OCH3 is 3. The van der Waals surface area contributed by atoms with Crippen LogP contribution in [0.3, 0.4) is 0 Å². The van der Waals surface area contributed by atoms with Gasteiger partial charge in [-0.2, -0.15) is 0 Å². The van der Waals surface area contributed by atoms with E-state index in [9.17, 15) is 10.2 Å². The number of rotatable bonds is 3. The van der Waals surface area contributed by atoms with Crippen LogP contribution in [0.15, 0.2) is 54.6 Å². The highest BCUT2D eigenvalue weighted by Crippen LogP contribution is 2.56. The van der Waals surface area contributed by atoms with Crippen LogP contribution in [0.1, 0.15) is 45.5 Å². The van der Waals surface area contributed by atoms with E-state index in [2.05, 4.69) is 36.0 Å². The molecule has 4 aliphatic rings. The molecule has 4 aromatic carbocycles. The normalized spacial score (nSPS) is 19.2. The predicted molar refractivity (Wildman–Crippen MR) is 174 cm³/mol.